The summed E-state index contributed by atoms with van der Waals surface area (Å²) in [4.78, 5) is 2.10. The molecule has 1 aliphatic rings. The quantitative estimate of drug-likeness (QED) is 0.772. The highest BCUT2D eigenvalue weighted by atomic mass is 35.5. The molecule has 96 valence electrons. The molecular weight excluding hydrogens is 251 g/mol. The zero-order valence-electron chi connectivity index (χ0n) is 10.6. The van der Waals surface area contributed by atoms with Crippen molar-refractivity contribution in [1.29, 1.82) is 5.26 Å². The molecule has 1 heterocycles. The number of nitrogens with zero attached hydrogens (tertiary/aromatic N) is 2. The lowest BCUT2D eigenvalue weighted by Gasteiger charge is -2.41. The number of anilines is 1. The van der Waals surface area contributed by atoms with E-state index in [0.717, 1.165) is 18.7 Å². The van der Waals surface area contributed by atoms with Crippen molar-refractivity contribution < 1.29 is 4.39 Å². The highest BCUT2D eigenvalue weighted by Gasteiger charge is 2.35. The highest BCUT2D eigenvalue weighted by molar-refractivity contribution is 6.31. The van der Waals surface area contributed by atoms with Gasteiger partial charge in [-0.2, -0.15) is 5.26 Å². The predicted molar refractivity (Wildman–Crippen MR) is 71.1 cm³/mol. The summed E-state index contributed by atoms with van der Waals surface area (Å²) in [5.74, 6) is -0.426. The van der Waals surface area contributed by atoms with Crippen LogP contribution >= 0.6 is 11.6 Å². The van der Waals surface area contributed by atoms with Gasteiger partial charge < -0.3 is 4.90 Å². The molecule has 0 radical (unpaired) electrons. The maximum atomic E-state index is 13.1. The number of halogens is 2. The van der Waals surface area contributed by atoms with E-state index in [4.69, 9.17) is 11.6 Å². The highest BCUT2D eigenvalue weighted by Crippen LogP contribution is 2.37. The monoisotopic (exact) mass is 266 g/mol. The van der Waals surface area contributed by atoms with Gasteiger partial charge in [0.25, 0.3) is 0 Å². The van der Waals surface area contributed by atoms with Gasteiger partial charge in [-0.1, -0.05) is 25.4 Å². The molecule has 0 aliphatic carbocycles. The van der Waals surface area contributed by atoms with Crippen LogP contribution in [0, 0.1) is 28.5 Å². The summed E-state index contributed by atoms with van der Waals surface area (Å²) in [6.45, 7) is 5.78. The van der Waals surface area contributed by atoms with Crippen molar-refractivity contribution in [2.45, 2.75) is 20.3 Å². The van der Waals surface area contributed by atoms with E-state index in [0.29, 0.717) is 6.54 Å². The molecule has 1 saturated heterocycles. The van der Waals surface area contributed by atoms with Crippen LogP contribution < -0.4 is 4.90 Å². The second-order valence-electron chi connectivity index (χ2n) is 5.46. The van der Waals surface area contributed by atoms with Crippen molar-refractivity contribution in [3.05, 3.63) is 29.0 Å². The molecule has 0 spiro atoms. The number of piperidine rings is 1. The van der Waals surface area contributed by atoms with Crippen molar-refractivity contribution >= 4 is 17.3 Å². The molecule has 2 rings (SSSR count). The molecule has 1 fully saturated rings. The van der Waals surface area contributed by atoms with Gasteiger partial charge in [0.1, 0.15) is 5.82 Å². The third-order valence-corrected chi connectivity index (χ3v) is 4.09. The second-order valence-corrected chi connectivity index (χ2v) is 5.87. The van der Waals surface area contributed by atoms with Gasteiger partial charge in [-0.3, -0.25) is 0 Å². The van der Waals surface area contributed by atoms with E-state index in [9.17, 15) is 9.65 Å². The molecule has 0 amide bonds. The smallest absolute Gasteiger partial charge is 0.141 e. The number of nitriles is 1. The molecule has 18 heavy (non-hydrogen) atoms. The molecule has 1 aliphatic heterocycles. The van der Waals surface area contributed by atoms with Crippen LogP contribution in [0.5, 0.6) is 0 Å². The zero-order chi connectivity index (χ0) is 13.3. The summed E-state index contributed by atoms with van der Waals surface area (Å²) in [7, 11) is 0. The number of rotatable bonds is 1. The Morgan fingerprint density at radius 3 is 2.83 bits per heavy atom. The van der Waals surface area contributed by atoms with Gasteiger partial charge in [-0.15, -0.1) is 0 Å². The normalized spacial score (nSPS) is 22.6. The Bertz CT molecular complexity index is 493. The van der Waals surface area contributed by atoms with Crippen molar-refractivity contribution in [1.82, 2.24) is 0 Å². The maximum absolute atomic E-state index is 13.1. The summed E-state index contributed by atoms with van der Waals surface area (Å²) in [6, 6.07) is 7.09. The molecule has 1 aromatic carbocycles. The van der Waals surface area contributed by atoms with Gasteiger partial charge in [0, 0.05) is 18.8 Å². The topological polar surface area (TPSA) is 27.0 Å². The fourth-order valence-corrected chi connectivity index (χ4v) is 2.46. The Kier molecular flexibility index (Phi) is 3.49. The Labute approximate surface area is 112 Å². The molecule has 0 saturated carbocycles. The van der Waals surface area contributed by atoms with Gasteiger partial charge in [0.05, 0.1) is 17.0 Å². The third-order valence-electron chi connectivity index (χ3n) is 3.80. The van der Waals surface area contributed by atoms with E-state index in [2.05, 4.69) is 24.8 Å². The van der Waals surface area contributed by atoms with E-state index < -0.39 is 5.82 Å². The molecule has 4 heteroatoms. The molecule has 0 aromatic heterocycles. The number of hydrogen-bond donors (Lipinski definition) is 0. The molecule has 0 bridgehead atoms. The van der Waals surface area contributed by atoms with Crippen molar-refractivity contribution in [2.75, 3.05) is 18.0 Å². The first-order valence-electron chi connectivity index (χ1n) is 6.03. The molecule has 1 aromatic rings. The maximum Gasteiger partial charge on any atom is 0.141 e. The molecular formula is C14H16ClFN2. The first-order chi connectivity index (χ1) is 8.44. The summed E-state index contributed by atoms with van der Waals surface area (Å²) in [5.41, 5.74) is 0.923. The fraction of sp³-hybridized carbons (Fsp3) is 0.500. The van der Waals surface area contributed by atoms with Crippen LogP contribution in [0.25, 0.3) is 0 Å². The average molecular weight is 267 g/mol. The summed E-state index contributed by atoms with van der Waals surface area (Å²) in [6.07, 6.45) is 0.945. The summed E-state index contributed by atoms with van der Waals surface area (Å²) >= 11 is 5.79. The van der Waals surface area contributed by atoms with Gasteiger partial charge >= 0.3 is 0 Å². The van der Waals surface area contributed by atoms with Crippen LogP contribution in [-0.2, 0) is 0 Å². The zero-order valence-corrected chi connectivity index (χ0v) is 11.3. The lowest BCUT2D eigenvalue weighted by atomic mass is 9.74. The van der Waals surface area contributed by atoms with Gasteiger partial charge in [0.15, 0.2) is 0 Å². The lowest BCUT2D eigenvalue weighted by molar-refractivity contribution is 0.217. The standard InChI is InChI=1S/C14H16ClFN2/c1-14(2)5-6-18(9-10(14)8-17)11-3-4-13(16)12(15)7-11/h3-4,7,10H,5-6,9H2,1-2H3. The average Bonchev–Trinajstić information content (AvgIpc) is 2.32. The minimum absolute atomic E-state index is 0.0184. The Morgan fingerprint density at radius 2 is 2.22 bits per heavy atom. The van der Waals surface area contributed by atoms with E-state index in [1.54, 1.807) is 12.1 Å². The molecule has 1 atom stereocenters. The van der Waals surface area contributed by atoms with Crippen molar-refractivity contribution in [2.24, 2.45) is 11.3 Å². The van der Waals surface area contributed by atoms with Crippen molar-refractivity contribution in [3.63, 3.8) is 0 Å². The van der Waals surface area contributed by atoms with Gasteiger partial charge in [0.2, 0.25) is 0 Å². The Hall–Kier alpha value is -1.27. The van der Waals surface area contributed by atoms with Crippen molar-refractivity contribution in [3.8, 4) is 6.07 Å². The van der Waals surface area contributed by atoms with Crippen LogP contribution in [0.15, 0.2) is 18.2 Å². The first-order valence-corrected chi connectivity index (χ1v) is 6.41. The summed E-state index contributed by atoms with van der Waals surface area (Å²) in [5, 5.41) is 9.36. The Balaban J connectivity index is 2.21. The fourth-order valence-electron chi connectivity index (χ4n) is 2.29. The lowest BCUT2D eigenvalue weighted by Crippen LogP contribution is -2.44. The van der Waals surface area contributed by atoms with Gasteiger partial charge in [-0.05, 0) is 30.0 Å². The van der Waals surface area contributed by atoms with E-state index >= 15 is 0 Å². The molecule has 1 unspecified atom stereocenters. The van der Waals surface area contributed by atoms with E-state index in [1.807, 2.05) is 0 Å². The molecule has 0 N–H and O–H groups in total. The van der Waals surface area contributed by atoms with Crippen LogP contribution in [0.3, 0.4) is 0 Å². The number of hydrogen-bond acceptors (Lipinski definition) is 2. The van der Waals surface area contributed by atoms with E-state index in [-0.39, 0.29) is 16.4 Å². The van der Waals surface area contributed by atoms with Crippen LogP contribution in [0.2, 0.25) is 5.02 Å². The van der Waals surface area contributed by atoms with Gasteiger partial charge in [-0.25, -0.2) is 4.39 Å². The van der Waals surface area contributed by atoms with E-state index in [1.165, 1.54) is 6.07 Å². The van der Waals surface area contributed by atoms with Crippen LogP contribution in [0.1, 0.15) is 20.3 Å². The Morgan fingerprint density at radius 1 is 1.50 bits per heavy atom. The first kappa shape index (κ1) is 13.2. The second kappa shape index (κ2) is 4.78. The SMILES string of the molecule is CC1(C)CCN(c2ccc(F)c(Cl)c2)CC1C#N. The third kappa shape index (κ3) is 2.44. The van der Waals surface area contributed by atoms with Crippen LogP contribution in [-0.4, -0.2) is 13.1 Å². The minimum Gasteiger partial charge on any atom is -0.370 e. The number of benzene rings is 1. The largest absolute Gasteiger partial charge is 0.370 e. The van der Waals surface area contributed by atoms with Crippen LogP contribution in [0.4, 0.5) is 10.1 Å². The minimum atomic E-state index is -0.408. The summed E-state index contributed by atoms with van der Waals surface area (Å²) < 4.78 is 13.1. The molecule has 2 nitrogen and oxygen atoms in total. The predicted octanol–water partition coefficient (Wildman–Crippen LogP) is 3.86.